The Hall–Kier alpha value is -0.910. The van der Waals surface area contributed by atoms with E-state index in [0.29, 0.717) is 25.8 Å². The first-order valence-electron chi connectivity index (χ1n) is 10.6. The number of halogens is 1. The molecular formula is C21H37IN4O3S. The zero-order valence-electron chi connectivity index (χ0n) is 18.4. The van der Waals surface area contributed by atoms with E-state index < -0.39 is 10.0 Å². The van der Waals surface area contributed by atoms with Crippen molar-refractivity contribution in [3.05, 3.63) is 29.8 Å². The van der Waals surface area contributed by atoms with E-state index in [1.165, 1.54) is 56.9 Å². The number of guanidine groups is 1. The minimum absolute atomic E-state index is 0. The fourth-order valence-electron chi connectivity index (χ4n) is 3.29. The predicted molar refractivity (Wildman–Crippen MR) is 133 cm³/mol. The molecule has 0 radical (unpaired) electrons. The van der Waals surface area contributed by atoms with E-state index in [1.54, 1.807) is 24.3 Å². The summed E-state index contributed by atoms with van der Waals surface area (Å²) in [7, 11) is -0.343. The van der Waals surface area contributed by atoms with Gasteiger partial charge < -0.3 is 15.4 Å². The smallest absolute Gasteiger partial charge is 0.242 e. The molecule has 2 rings (SSSR count). The van der Waals surface area contributed by atoms with Gasteiger partial charge in [0.15, 0.2) is 5.96 Å². The second kappa shape index (κ2) is 14.2. The lowest BCUT2D eigenvalue weighted by Crippen LogP contribution is -2.39. The van der Waals surface area contributed by atoms with E-state index in [2.05, 4.69) is 15.6 Å². The van der Waals surface area contributed by atoms with Crippen molar-refractivity contribution in [2.75, 3.05) is 33.8 Å². The van der Waals surface area contributed by atoms with Gasteiger partial charge in [-0.3, -0.25) is 0 Å². The number of nitrogens with zero attached hydrogens (tertiary/aromatic N) is 2. The fraction of sp³-hybridized carbons (Fsp3) is 0.667. The molecule has 7 nitrogen and oxygen atoms in total. The largest absolute Gasteiger partial charge is 0.376 e. The predicted octanol–water partition coefficient (Wildman–Crippen LogP) is 3.35. The van der Waals surface area contributed by atoms with E-state index >= 15 is 0 Å². The van der Waals surface area contributed by atoms with Crippen LogP contribution in [0.1, 0.15) is 51.0 Å². The Morgan fingerprint density at radius 3 is 2.30 bits per heavy atom. The van der Waals surface area contributed by atoms with Gasteiger partial charge in [0.1, 0.15) is 0 Å². The van der Waals surface area contributed by atoms with E-state index in [4.69, 9.17) is 4.74 Å². The quantitative estimate of drug-likeness (QED) is 0.162. The molecule has 30 heavy (non-hydrogen) atoms. The molecule has 0 amide bonds. The van der Waals surface area contributed by atoms with E-state index in [1.807, 2.05) is 6.92 Å². The highest BCUT2D eigenvalue weighted by molar-refractivity contribution is 14.0. The summed E-state index contributed by atoms with van der Waals surface area (Å²) in [5, 5.41) is 6.54. The minimum Gasteiger partial charge on any atom is -0.376 e. The van der Waals surface area contributed by atoms with Gasteiger partial charge >= 0.3 is 0 Å². The summed E-state index contributed by atoms with van der Waals surface area (Å²) < 4.78 is 31.5. The van der Waals surface area contributed by atoms with Crippen LogP contribution in [0, 0.1) is 0 Å². The van der Waals surface area contributed by atoms with Crippen LogP contribution in [0.25, 0.3) is 0 Å². The van der Waals surface area contributed by atoms with Crippen LogP contribution in [0.2, 0.25) is 0 Å². The highest BCUT2D eigenvalue weighted by Crippen LogP contribution is 2.19. The topological polar surface area (TPSA) is 83.0 Å². The fourth-order valence-corrected chi connectivity index (χ4v) is 4.20. The Balaban J connectivity index is 0.00000450. The van der Waals surface area contributed by atoms with Crippen LogP contribution in [-0.4, -0.2) is 58.6 Å². The number of nitrogens with one attached hydrogen (secondary N) is 2. The summed E-state index contributed by atoms with van der Waals surface area (Å²) in [4.78, 5) is 4.88. The van der Waals surface area contributed by atoms with Gasteiger partial charge in [-0.15, -0.1) is 24.0 Å². The lowest BCUT2D eigenvalue weighted by molar-refractivity contribution is 0.0468. The molecule has 0 bridgehead atoms. The molecule has 172 valence electrons. The van der Waals surface area contributed by atoms with Crippen molar-refractivity contribution in [1.82, 2.24) is 14.9 Å². The van der Waals surface area contributed by atoms with Gasteiger partial charge in [-0.05, 0) is 37.5 Å². The third kappa shape index (κ3) is 9.07. The molecule has 0 atom stereocenters. The Kier molecular flexibility index (Phi) is 12.8. The number of rotatable bonds is 9. The molecular weight excluding hydrogens is 515 g/mol. The zero-order valence-corrected chi connectivity index (χ0v) is 21.5. The molecule has 0 saturated heterocycles. The van der Waals surface area contributed by atoms with Crippen molar-refractivity contribution >= 4 is 40.0 Å². The Labute approximate surface area is 199 Å². The molecule has 1 fully saturated rings. The molecule has 0 aliphatic heterocycles. The van der Waals surface area contributed by atoms with Crippen LogP contribution in [-0.2, 0) is 21.3 Å². The molecule has 1 aliphatic rings. The molecule has 0 heterocycles. The average molecular weight is 553 g/mol. The van der Waals surface area contributed by atoms with Crippen LogP contribution >= 0.6 is 24.0 Å². The molecule has 1 aliphatic carbocycles. The third-order valence-corrected chi connectivity index (χ3v) is 6.85. The van der Waals surface area contributed by atoms with Crippen molar-refractivity contribution in [1.29, 1.82) is 0 Å². The lowest BCUT2D eigenvalue weighted by Gasteiger charge is -2.16. The number of hydrogen-bond donors (Lipinski definition) is 2. The lowest BCUT2D eigenvalue weighted by atomic mass is 10.1. The monoisotopic (exact) mass is 552 g/mol. The molecule has 9 heteroatoms. The zero-order chi connectivity index (χ0) is 21.1. The molecule has 0 aromatic heterocycles. The summed E-state index contributed by atoms with van der Waals surface area (Å²) >= 11 is 0. The molecule has 2 N–H and O–H groups in total. The van der Waals surface area contributed by atoms with Gasteiger partial charge in [0.05, 0.1) is 24.2 Å². The second-order valence-corrected chi connectivity index (χ2v) is 9.69. The van der Waals surface area contributed by atoms with Crippen LogP contribution < -0.4 is 10.6 Å². The Bertz CT molecular complexity index is 731. The normalized spacial score (nSPS) is 16.1. The summed E-state index contributed by atoms with van der Waals surface area (Å²) in [6.45, 7) is 4.66. The first kappa shape index (κ1) is 27.1. The number of hydrogen-bond acceptors (Lipinski definition) is 4. The van der Waals surface area contributed by atoms with Crippen LogP contribution in [0.4, 0.5) is 0 Å². The van der Waals surface area contributed by atoms with Gasteiger partial charge in [0.25, 0.3) is 0 Å². The summed E-state index contributed by atoms with van der Waals surface area (Å²) in [6, 6.07) is 6.86. The van der Waals surface area contributed by atoms with Crippen molar-refractivity contribution in [2.24, 2.45) is 4.99 Å². The van der Waals surface area contributed by atoms with E-state index in [0.717, 1.165) is 18.1 Å². The standard InChI is InChI=1S/C21H36N4O3S.HI/c1-4-22-21(23-15-16-28-19-9-7-5-6-8-10-19)24-17-18-11-13-20(14-12-18)29(26,27)25(2)3;/h11-14,19H,4-10,15-17H2,1-3H3,(H2,22,23,24);1H. The SMILES string of the molecule is CCNC(=NCc1ccc(S(=O)(=O)N(C)C)cc1)NCCOC1CCCCCC1.I. The van der Waals surface area contributed by atoms with Gasteiger partial charge in [-0.2, -0.15) is 0 Å². The maximum absolute atomic E-state index is 12.1. The highest BCUT2D eigenvalue weighted by Gasteiger charge is 2.16. The van der Waals surface area contributed by atoms with E-state index in [9.17, 15) is 8.42 Å². The molecule has 0 unspecified atom stereocenters. The first-order valence-corrected chi connectivity index (χ1v) is 12.0. The summed E-state index contributed by atoms with van der Waals surface area (Å²) in [5.41, 5.74) is 0.953. The second-order valence-electron chi connectivity index (χ2n) is 7.54. The van der Waals surface area contributed by atoms with Crippen molar-refractivity contribution < 1.29 is 13.2 Å². The Morgan fingerprint density at radius 1 is 1.10 bits per heavy atom. The van der Waals surface area contributed by atoms with E-state index in [-0.39, 0.29) is 28.9 Å². The van der Waals surface area contributed by atoms with Gasteiger partial charge in [-0.25, -0.2) is 17.7 Å². The van der Waals surface area contributed by atoms with Gasteiger partial charge in [0, 0.05) is 27.2 Å². The molecule has 0 spiro atoms. The Morgan fingerprint density at radius 2 is 1.73 bits per heavy atom. The van der Waals surface area contributed by atoms with Crippen LogP contribution in [0.15, 0.2) is 34.2 Å². The van der Waals surface area contributed by atoms with Crippen molar-refractivity contribution in [3.63, 3.8) is 0 Å². The average Bonchev–Trinajstić information content (AvgIpc) is 2.98. The van der Waals surface area contributed by atoms with Crippen molar-refractivity contribution in [2.45, 2.75) is 63.0 Å². The number of benzene rings is 1. The highest BCUT2D eigenvalue weighted by atomic mass is 127. The number of aliphatic imine (C=N–C) groups is 1. The first-order chi connectivity index (χ1) is 13.9. The van der Waals surface area contributed by atoms with Crippen LogP contribution in [0.3, 0.4) is 0 Å². The third-order valence-electron chi connectivity index (χ3n) is 5.02. The summed E-state index contributed by atoms with van der Waals surface area (Å²) in [6.07, 6.45) is 7.96. The van der Waals surface area contributed by atoms with Gasteiger partial charge in [0.2, 0.25) is 10.0 Å². The molecule has 1 aromatic rings. The maximum Gasteiger partial charge on any atom is 0.242 e. The summed E-state index contributed by atoms with van der Waals surface area (Å²) in [5.74, 6) is 0.738. The molecule has 1 saturated carbocycles. The van der Waals surface area contributed by atoms with Crippen LogP contribution in [0.5, 0.6) is 0 Å². The number of sulfonamides is 1. The number of ether oxygens (including phenoxy) is 1. The van der Waals surface area contributed by atoms with Crippen molar-refractivity contribution in [3.8, 4) is 0 Å². The van der Waals surface area contributed by atoms with Gasteiger partial charge in [-0.1, -0.05) is 37.8 Å². The molecule has 1 aromatic carbocycles. The maximum atomic E-state index is 12.1. The minimum atomic E-state index is -3.40.